The van der Waals surface area contributed by atoms with Gasteiger partial charge in [0.25, 0.3) is 0 Å². The van der Waals surface area contributed by atoms with Gasteiger partial charge in [0.15, 0.2) is 5.78 Å². The Hall–Kier alpha value is -3.34. The molecule has 4 bridgehead atoms. The molecule has 0 aromatic heterocycles. The molecule has 6 aliphatic rings. The number of allylic oxidation sites excluding steroid dienone is 3. The van der Waals surface area contributed by atoms with E-state index in [9.17, 15) is 39.6 Å². The average Bonchev–Trinajstić information content (AvgIpc) is 3.32. The van der Waals surface area contributed by atoms with Crippen LogP contribution in [0, 0.1) is 34.0 Å². The molecule has 1 saturated heterocycles. The predicted octanol–water partition coefficient (Wildman–Crippen LogP) is 3.28. The topological polar surface area (TPSA) is 179 Å². The van der Waals surface area contributed by atoms with Crippen LogP contribution in [0.3, 0.4) is 0 Å². The summed E-state index contributed by atoms with van der Waals surface area (Å²) >= 11 is 0. The molecule has 238 valence electrons. The molecule has 0 radical (unpaired) electrons. The molecule has 0 unspecified atom stereocenters. The highest BCUT2D eigenvalue weighted by molar-refractivity contribution is 5.93. The van der Waals surface area contributed by atoms with Gasteiger partial charge in [-0.15, -0.1) is 0 Å². The fourth-order valence-corrected chi connectivity index (χ4v) is 9.49. The number of fused-ring (bicyclic) bond motifs is 1. The van der Waals surface area contributed by atoms with Crippen molar-refractivity contribution in [3.63, 3.8) is 0 Å². The molecule has 1 aliphatic heterocycles. The van der Waals surface area contributed by atoms with Gasteiger partial charge in [0.2, 0.25) is 0 Å². The Bertz CT molecular complexity index is 1480. The number of carboxylic acid groups (broad SMARTS) is 2. The Balaban J connectivity index is 0.000000183. The molecule has 10 heteroatoms. The number of esters is 1. The fourth-order valence-electron chi connectivity index (χ4n) is 9.49. The van der Waals surface area contributed by atoms with E-state index in [0.29, 0.717) is 42.4 Å². The van der Waals surface area contributed by atoms with Crippen LogP contribution in [0.15, 0.2) is 59.8 Å². The molecule has 5 N–H and O–H groups in total. The van der Waals surface area contributed by atoms with E-state index in [1.807, 2.05) is 13.8 Å². The normalized spacial score (nSPS) is 44.9. The monoisotopic (exact) mass is 610 g/mol. The Kier molecular flexibility index (Phi) is 7.16. The first-order valence-corrected chi connectivity index (χ1v) is 15.0. The molecule has 1 spiro atoms. The van der Waals surface area contributed by atoms with E-state index < -0.39 is 68.9 Å². The molecule has 4 fully saturated rings. The largest absolute Gasteiger partial charge is 0.481 e. The molecule has 1 heterocycles. The lowest BCUT2D eigenvalue weighted by atomic mass is 9.61. The van der Waals surface area contributed by atoms with Crippen molar-refractivity contribution < 1.29 is 49.4 Å². The number of aliphatic hydroxyl groups excluding tert-OH is 1. The van der Waals surface area contributed by atoms with Gasteiger partial charge in [-0.3, -0.25) is 14.4 Å². The van der Waals surface area contributed by atoms with Gasteiger partial charge in [0.1, 0.15) is 16.6 Å². The number of hydrogen-bond donors (Lipinski definition) is 5. The van der Waals surface area contributed by atoms with Crippen LogP contribution in [0.5, 0.6) is 0 Å². The molecule has 9 atom stereocenters. The molecule has 44 heavy (non-hydrogen) atoms. The van der Waals surface area contributed by atoms with Crippen molar-refractivity contribution in [2.75, 3.05) is 0 Å². The van der Waals surface area contributed by atoms with E-state index in [0.717, 1.165) is 6.08 Å². The summed E-state index contributed by atoms with van der Waals surface area (Å²) in [7, 11) is 0. The molecule has 0 aromatic carbocycles. The van der Waals surface area contributed by atoms with Gasteiger partial charge in [-0.25, -0.2) is 4.79 Å². The highest BCUT2D eigenvalue weighted by Crippen LogP contribution is 2.77. The summed E-state index contributed by atoms with van der Waals surface area (Å²) in [5.74, 6) is -4.21. The summed E-state index contributed by atoms with van der Waals surface area (Å²) < 4.78 is 5.87. The maximum Gasteiger partial charge on any atom is 0.328 e. The number of ether oxygens (including phenoxy) is 1. The SMILES string of the molecule is C=C1C[C@]23C[C@@]1(O)CC[C@H]2[C@@]12C=C[C@H](O)[C@@](C)(C(=O)O1)[C@H]2[C@@H]3C(=O)O.CC1=CC(=O)CC(C)(C)[C@@]1(O)/C=C/C(C)=C\C(=O)O. The molecule has 0 aromatic rings. The van der Waals surface area contributed by atoms with Crippen molar-refractivity contribution in [1.29, 1.82) is 0 Å². The summed E-state index contributed by atoms with van der Waals surface area (Å²) in [5.41, 5.74) is -4.05. The van der Waals surface area contributed by atoms with E-state index in [4.69, 9.17) is 9.84 Å². The second kappa shape index (κ2) is 9.83. The second-order valence-electron chi connectivity index (χ2n) is 14.6. The zero-order valence-corrected chi connectivity index (χ0v) is 25.8. The van der Waals surface area contributed by atoms with E-state index in [-0.39, 0.29) is 18.1 Å². The smallest absolute Gasteiger partial charge is 0.328 e. The molecular weight excluding hydrogens is 568 g/mol. The van der Waals surface area contributed by atoms with Crippen molar-refractivity contribution in [2.24, 2.45) is 34.0 Å². The van der Waals surface area contributed by atoms with Crippen molar-refractivity contribution >= 4 is 23.7 Å². The first-order chi connectivity index (χ1) is 20.2. The van der Waals surface area contributed by atoms with E-state index in [1.165, 1.54) is 6.08 Å². The number of hydrogen-bond acceptors (Lipinski definition) is 8. The number of carbonyl (C=O) groups is 4. The lowest BCUT2D eigenvalue weighted by molar-refractivity contribution is -0.163. The number of carbonyl (C=O) groups excluding carboxylic acids is 2. The maximum absolute atomic E-state index is 12.7. The highest BCUT2D eigenvalue weighted by Gasteiger charge is 2.83. The number of rotatable bonds is 4. The number of ketones is 1. The number of aliphatic carboxylic acids is 2. The van der Waals surface area contributed by atoms with E-state index in [1.54, 1.807) is 45.1 Å². The minimum absolute atomic E-state index is 0.00150. The zero-order valence-electron chi connectivity index (χ0n) is 25.8. The third kappa shape index (κ3) is 4.17. The molecule has 3 saturated carbocycles. The first-order valence-electron chi connectivity index (χ1n) is 15.0. The van der Waals surface area contributed by atoms with Crippen LogP contribution in [0.1, 0.15) is 66.7 Å². The van der Waals surface area contributed by atoms with Gasteiger partial charge in [-0.1, -0.05) is 32.6 Å². The second-order valence-corrected chi connectivity index (χ2v) is 14.6. The summed E-state index contributed by atoms with van der Waals surface area (Å²) in [6, 6.07) is 0. The van der Waals surface area contributed by atoms with E-state index in [2.05, 4.69) is 6.58 Å². The lowest BCUT2D eigenvalue weighted by Crippen LogP contribution is -2.50. The summed E-state index contributed by atoms with van der Waals surface area (Å²) in [6.07, 6.45) is 10.0. The Morgan fingerprint density at radius 1 is 1.11 bits per heavy atom. The summed E-state index contributed by atoms with van der Waals surface area (Å²) in [4.78, 5) is 47.2. The number of carboxylic acids is 2. The third-order valence-corrected chi connectivity index (χ3v) is 11.7. The minimum Gasteiger partial charge on any atom is -0.481 e. The first kappa shape index (κ1) is 32.1. The Morgan fingerprint density at radius 2 is 1.77 bits per heavy atom. The van der Waals surface area contributed by atoms with Gasteiger partial charge in [-0.2, -0.15) is 0 Å². The Morgan fingerprint density at radius 3 is 2.36 bits per heavy atom. The standard InChI is InChI=1S/C19H22O6.C15H20O4/c1-9-7-17-8-18(9,24)5-3-10(17)19-6-4-11(20)16(2,15(23)25-19)13(19)12(17)14(21)22;1-10(7-13(17)18)5-6-15(19)11(2)8-12(16)9-14(15,3)4/h4,6,10-13,20,24H,1,3,5,7-8H2,2H3,(H,21,22);5-8,19H,9H2,1-4H3,(H,17,18)/b;6-5+,10-7-/t10-,11+,12-,13-,16-,17+,18+,19-;15-/m11/s1. The third-order valence-electron chi connectivity index (χ3n) is 11.7. The van der Waals surface area contributed by atoms with Crippen LogP contribution in [0.4, 0.5) is 0 Å². The Labute approximate surface area is 256 Å². The van der Waals surface area contributed by atoms with Crippen molar-refractivity contribution in [1.82, 2.24) is 0 Å². The van der Waals surface area contributed by atoms with Crippen molar-refractivity contribution in [2.45, 2.75) is 89.6 Å². The molecule has 10 nitrogen and oxygen atoms in total. The van der Waals surface area contributed by atoms with Gasteiger partial charge in [-0.05, 0) is 86.8 Å². The molecule has 6 rings (SSSR count). The maximum atomic E-state index is 12.7. The van der Waals surface area contributed by atoms with Gasteiger partial charge in [0.05, 0.1) is 17.6 Å². The summed E-state index contributed by atoms with van der Waals surface area (Å²) in [6.45, 7) is 12.6. The minimum atomic E-state index is -1.27. The van der Waals surface area contributed by atoms with Crippen LogP contribution in [0.25, 0.3) is 0 Å². The van der Waals surface area contributed by atoms with Crippen LogP contribution in [-0.2, 0) is 23.9 Å². The van der Waals surface area contributed by atoms with Gasteiger partial charge >= 0.3 is 17.9 Å². The van der Waals surface area contributed by atoms with Crippen molar-refractivity contribution in [3.8, 4) is 0 Å². The average molecular weight is 611 g/mol. The van der Waals surface area contributed by atoms with Crippen LogP contribution >= 0.6 is 0 Å². The van der Waals surface area contributed by atoms with Crippen molar-refractivity contribution in [3.05, 3.63) is 59.8 Å². The number of aliphatic hydroxyl groups is 3. The van der Waals surface area contributed by atoms with Crippen LogP contribution in [0.2, 0.25) is 0 Å². The van der Waals surface area contributed by atoms with Crippen LogP contribution in [-0.4, -0.2) is 72.1 Å². The molecule has 0 amide bonds. The lowest BCUT2D eigenvalue weighted by Gasteiger charge is -2.44. The summed E-state index contributed by atoms with van der Waals surface area (Å²) in [5, 5.41) is 51.0. The highest BCUT2D eigenvalue weighted by atomic mass is 16.6. The van der Waals surface area contributed by atoms with Crippen LogP contribution < -0.4 is 0 Å². The molecule has 5 aliphatic carbocycles. The molecular formula is C34H42O10. The predicted molar refractivity (Wildman–Crippen MR) is 158 cm³/mol. The van der Waals surface area contributed by atoms with E-state index >= 15 is 0 Å². The quantitative estimate of drug-likeness (QED) is 0.137. The van der Waals surface area contributed by atoms with Gasteiger partial charge in [0, 0.05) is 29.7 Å². The van der Waals surface area contributed by atoms with Gasteiger partial charge < -0.3 is 30.3 Å². The fraction of sp³-hybridized carbons (Fsp3) is 0.588. The zero-order chi connectivity index (χ0) is 32.8.